The van der Waals surface area contributed by atoms with Gasteiger partial charge in [-0.15, -0.1) is 0 Å². The number of imidazole rings is 1. The Balaban J connectivity index is 1.34. The van der Waals surface area contributed by atoms with Gasteiger partial charge in [-0.2, -0.15) is 4.98 Å². The van der Waals surface area contributed by atoms with Crippen molar-refractivity contribution in [2.75, 3.05) is 36.0 Å². The number of guanidine groups is 1. The molecule has 0 saturated carbocycles. The van der Waals surface area contributed by atoms with Crippen molar-refractivity contribution >= 4 is 34.5 Å². The zero-order chi connectivity index (χ0) is 28.2. The molecule has 4 aromatic rings. The van der Waals surface area contributed by atoms with Crippen molar-refractivity contribution in [3.63, 3.8) is 0 Å². The molecule has 1 saturated heterocycles. The third-order valence-electron chi connectivity index (χ3n) is 7.91. The highest BCUT2D eigenvalue weighted by Gasteiger charge is 2.43. The zero-order valence-corrected chi connectivity index (χ0v) is 22.6. The van der Waals surface area contributed by atoms with Gasteiger partial charge in [0, 0.05) is 42.3 Å². The SMILES string of the molecule is Cc1nc(CN2C(=O)c3c(nc(N4CCC[C@@H](N)C4)n3Cc3cc(F)ccc3F)N3CCN=C23)nc2ccccc12. The Morgan fingerprint density at radius 2 is 1.90 bits per heavy atom. The highest BCUT2D eigenvalue weighted by atomic mass is 19.1. The van der Waals surface area contributed by atoms with Gasteiger partial charge in [-0.05, 0) is 44.0 Å². The average molecular weight is 558 g/mol. The van der Waals surface area contributed by atoms with E-state index in [-0.39, 0.29) is 30.6 Å². The molecular formula is C29H29F2N9O. The van der Waals surface area contributed by atoms with Crippen molar-refractivity contribution in [1.82, 2.24) is 24.4 Å². The second-order valence-corrected chi connectivity index (χ2v) is 10.7. The number of rotatable bonds is 5. The van der Waals surface area contributed by atoms with Crippen LogP contribution in [0.15, 0.2) is 47.5 Å². The molecule has 2 aromatic carbocycles. The fourth-order valence-electron chi connectivity index (χ4n) is 5.98. The summed E-state index contributed by atoms with van der Waals surface area (Å²) in [6.07, 6.45) is 1.75. The molecule has 0 spiro atoms. The number of fused-ring (bicyclic) bond motifs is 4. The number of aliphatic imine (C=N–C) groups is 1. The monoisotopic (exact) mass is 557 g/mol. The van der Waals surface area contributed by atoms with Crippen LogP contribution >= 0.6 is 0 Å². The molecule has 1 fully saturated rings. The van der Waals surface area contributed by atoms with Crippen LogP contribution in [0.3, 0.4) is 0 Å². The number of hydrogen-bond acceptors (Lipinski definition) is 8. The maximum Gasteiger partial charge on any atom is 0.281 e. The summed E-state index contributed by atoms with van der Waals surface area (Å²) in [7, 11) is 0. The van der Waals surface area contributed by atoms with Crippen molar-refractivity contribution < 1.29 is 13.6 Å². The first-order valence-electron chi connectivity index (χ1n) is 13.8. The standard InChI is InChI=1S/C29H29F2N9O/c1-17-21-6-2-3-7-23(21)35-24(34-17)16-40-27(41)25-26(38-12-10-33-28(38)40)36-29(37-11-4-5-20(32)15-37)39(25)14-18-13-19(30)8-9-22(18)31/h2-3,6-9,13,20H,4-5,10-12,14-16,32H2,1H3/t20-/m1/s1. The van der Waals surface area contributed by atoms with Crippen molar-refractivity contribution in [3.05, 3.63) is 76.9 Å². The van der Waals surface area contributed by atoms with E-state index in [2.05, 4.69) is 9.98 Å². The van der Waals surface area contributed by atoms with E-state index in [4.69, 9.17) is 15.7 Å². The minimum Gasteiger partial charge on any atom is -0.341 e. The molecule has 210 valence electrons. The normalized spacial score (nSPS) is 18.6. The van der Waals surface area contributed by atoms with Gasteiger partial charge < -0.3 is 10.6 Å². The largest absolute Gasteiger partial charge is 0.341 e. The summed E-state index contributed by atoms with van der Waals surface area (Å²) in [4.78, 5) is 38.8. The predicted octanol–water partition coefficient (Wildman–Crippen LogP) is 3.22. The summed E-state index contributed by atoms with van der Waals surface area (Å²) >= 11 is 0. The molecule has 0 aliphatic carbocycles. The number of halogens is 2. The van der Waals surface area contributed by atoms with Crippen LogP contribution in [0.4, 0.5) is 20.5 Å². The van der Waals surface area contributed by atoms with E-state index >= 15 is 0 Å². The Morgan fingerprint density at radius 1 is 1.05 bits per heavy atom. The maximum atomic E-state index is 14.9. The fourth-order valence-corrected chi connectivity index (χ4v) is 5.98. The highest BCUT2D eigenvalue weighted by molar-refractivity contribution is 6.18. The number of carbonyl (C=O) groups excluding carboxylic acids is 1. The summed E-state index contributed by atoms with van der Waals surface area (Å²) in [5.41, 5.74) is 8.32. The van der Waals surface area contributed by atoms with Gasteiger partial charge in [-0.1, -0.05) is 18.2 Å². The first-order chi connectivity index (χ1) is 19.9. The Labute approximate surface area is 235 Å². The first kappa shape index (κ1) is 25.5. The second-order valence-electron chi connectivity index (χ2n) is 10.7. The molecule has 0 unspecified atom stereocenters. The average Bonchev–Trinajstić information content (AvgIpc) is 3.59. The quantitative estimate of drug-likeness (QED) is 0.401. The van der Waals surface area contributed by atoms with Crippen molar-refractivity contribution in [2.45, 2.75) is 38.9 Å². The number of piperidine rings is 1. The molecule has 41 heavy (non-hydrogen) atoms. The summed E-state index contributed by atoms with van der Waals surface area (Å²) in [5, 5.41) is 0.947. The number of aryl methyl sites for hydroxylation is 1. The Kier molecular flexibility index (Phi) is 6.15. The van der Waals surface area contributed by atoms with Crippen molar-refractivity contribution in [3.8, 4) is 0 Å². The van der Waals surface area contributed by atoms with Gasteiger partial charge in [-0.3, -0.25) is 24.2 Å². The minimum absolute atomic E-state index is 0.0544. The molecule has 1 amide bonds. The van der Waals surface area contributed by atoms with E-state index in [9.17, 15) is 13.6 Å². The number of carbonyl (C=O) groups is 1. The number of nitrogens with zero attached hydrogens (tertiary/aromatic N) is 8. The smallest absolute Gasteiger partial charge is 0.281 e. The molecule has 2 aromatic heterocycles. The lowest BCUT2D eigenvalue weighted by molar-refractivity contribution is 0.0820. The molecule has 10 nitrogen and oxygen atoms in total. The summed E-state index contributed by atoms with van der Waals surface area (Å²) < 4.78 is 30.8. The maximum absolute atomic E-state index is 14.9. The number of aromatic nitrogens is 4. The molecule has 3 aliphatic rings. The fraction of sp³-hybridized carbons (Fsp3) is 0.345. The van der Waals surface area contributed by atoms with E-state index in [1.807, 2.05) is 41.0 Å². The Hall–Kier alpha value is -4.45. The van der Waals surface area contributed by atoms with Crippen LogP contribution in [0.5, 0.6) is 0 Å². The molecule has 7 rings (SSSR count). The van der Waals surface area contributed by atoms with E-state index in [0.717, 1.165) is 47.6 Å². The van der Waals surface area contributed by atoms with E-state index in [0.29, 0.717) is 55.4 Å². The number of para-hydroxylation sites is 1. The highest BCUT2D eigenvalue weighted by Crippen LogP contribution is 2.36. The summed E-state index contributed by atoms with van der Waals surface area (Å²) in [6, 6.07) is 11.0. The zero-order valence-electron chi connectivity index (χ0n) is 22.6. The predicted molar refractivity (Wildman–Crippen MR) is 151 cm³/mol. The molecule has 2 N–H and O–H groups in total. The number of amides is 1. The van der Waals surface area contributed by atoms with Gasteiger partial charge in [-0.25, -0.2) is 18.7 Å². The van der Waals surface area contributed by atoms with Gasteiger partial charge in [0.1, 0.15) is 17.5 Å². The summed E-state index contributed by atoms with van der Waals surface area (Å²) in [6.45, 7) is 4.21. The third kappa shape index (κ3) is 4.38. The van der Waals surface area contributed by atoms with Gasteiger partial charge in [0.2, 0.25) is 11.9 Å². The number of nitrogens with two attached hydrogens (primary N) is 1. The van der Waals surface area contributed by atoms with Crippen LogP contribution in [0.25, 0.3) is 10.9 Å². The second kappa shape index (κ2) is 9.88. The number of benzene rings is 2. The van der Waals surface area contributed by atoms with Crippen molar-refractivity contribution in [2.24, 2.45) is 10.7 Å². The van der Waals surface area contributed by atoms with Gasteiger partial charge >= 0.3 is 0 Å². The van der Waals surface area contributed by atoms with E-state index in [1.165, 1.54) is 0 Å². The molecule has 12 heteroatoms. The van der Waals surface area contributed by atoms with Crippen LogP contribution in [-0.4, -0.2) is 68.5 Å². The lowest BCUT2D eigenvalue weighted by Gasteiger charge is -2.33. The Bertz CT molecular complexity index is 1720. The van der Waals surface area contributed by atoms with Crippen LogP contribution in [0, 0.1) is 18.6 Å². The van der Waals surface area contributed by atoms with E-state index < -0.39 is 11.6 Å². The minimum atomic E-state index is -0.557. The van der Waals surface area contributed by atoms with E-state index in [1.54, 1.807) is 9.47 Å². The summed E-state index contributed by atoms with van der Waals surface area (Å²) in [5.74, 6) is 0.485. The van der Waals surface area contributed by atoms with Crippen LogP contribution in [-0.2, 0) is 13.1 Å². The number of hydrogen-bond donors (Lipinski definition) is 1. The number of anilines is 2. The molecule has 5 heterocycles. The molecular weight excluding hydrogens is 528 g/mol. The Morgan fingerprint density at radius 3 is 2.76 bits per heavy atom. The van der Waals surface area contributed by atoms with Crippen LogP contribution in [0.1, 0.15) is 40.4 Å². The van der Waals surface area contributed by atoms with Gasteiger partial charge in [0.15, 0.2) is 11.5 Å². The third-order valence-corrected chi connectivity index (χ3v) is 7.91. The molecule has 0 bridgehead atoms. The van der Waals surface area contributed by atoms with Crippen LogP contribution < -0.4 is 15.5 Å². The lowest BCUT2D eigenvalue weighted by atomic mass is 10.1. The molecule has 3 aliphatic heterocycles. The molecule has 1 atom stereocenters. The van der Waals surface area contributed by atoms with Crippen molar-refractivity contribution in [1.29, 1.82) is 0 Å². The molecule has 0 radical (unpaired) electrons. The lowest BCUT2D eigenvalue weighted by Crippen LogP contribution is -2.50. The van der Waals surface area contributed by atoms with Crippen LogP contribution in [0.2, 0.25) is 0 Å². The first-order valence-corrected chi connectivity index (χ1v) is 13.8. The van der Waals surface area contributed by atoms with Gasteiger partial charge in [0.25, 0.3) is 5.91 Å². The van der Waals surface area contributed by atoms with Gasteiger partial charge in [0.05, 0.1) is 25.2 Å². The topological polar surface area (TPSA) is 109 Å².